The maximum atomic E-state index is 13.3. The predicted octanol–water partition coefficient (Wildman–Crippen LogP) is 3.99. The zero-order chi connectivity index (χ0) is 18.7. The van der Waals surface area contributed by atoms with Crippen LogP contribution in [-0.4, -0.2) is 11.1 Å². The van der Waals surface area contributed by atoms with Crippen LogP contribution in [0.2, 0.25) is 0 Å². The lowest BCUT2D eigenvalue weighted by molar-refractivity contribution is -0.904. The normalized spacial score (nSPS) is 10.4. The molecular formula is C19H16FN2O3S+. The van der Waals surface area contributed by atoms with Crippen LogP contribution >= 0.6 is 12.6 Å². The van der Waals surface area contributed by atoms with Gasteiger partial charge < -0.3 is 10.1 Å². The molecule has 0 unspecified atom stereocenters. The number of anilines is 1. The maximum Gasteiger partial charge on any atom is 0.259 e. The third kappa shape index (κ3) is 4.12. The van der Waals surface area contributed by atoms with E-state index in [0.29, 0.717) is 21.9 Å². The van der Waals surface area contributed by atoms with Gasteiger partial charge in [-0.25, -0.2) is 4.39 Å². The number of thiol groups is 1. The number of pyridine rings is 1. The number of halogens is 1. The molecule has 2 N–H and O–H groups in total. The second-order valence-electron chi connectivity index (χ2n) is 5.62. The van der Waals surface area contributed by atoms with E-state index in [-0.39, 0.29) is 17.1 Å². The van der Waals surface area contributed by atoms with E-state index in [4.69, 9.17) is 4.74 Å². The number of hydrogen-bond donors (Lipinski definition) is 3. The number of carbonyl (C=O) groups excluding carboxylic acids is 1. The number of nitrogens with zero attached hydrogens (tertiary/aromatic N) is 1. The summed E-state index contributed by atoms with van der Waals surface area (Å²) in [6, 6.07) is 12.2. The van der Waals surface area contributed by atoms with Crippen molar-refractivity contribution in [3.05, 3.63) is 77.9 Å². The average molecular weight is 371 g/mol. The molecule has 0 fully saturated rings. The molecule has 0 aliphatic carbocycles. The van der Waals surface area contributed by atoms with Crippen LogP contribution in [0.3, 0.4) is 0 Å². The van der Waals surface area contributed by atoms with Crippen LogP contribution in [0.1, 0.15) is 15.9 Å². The van der Waals surface area contributed by atoms with E-state index in [9.17, 15) is 14.4 Å². The fourth-order valence-electron chi connectivity index (χ4n) is 2.36. The molecule has 132 valence electrons. The van der Waals surface area contributed by atoms with Crippen LogP contribution < -0.4 is 14.8 Å². The lowest BCUT2D eigenvalue weighted by Crippen LogP contribution is -2.29. The summed E-state index contributed by atoms with van der Waals surface area (Å²) in [7, 11) is 0. The highest BCUT2D eigenvalue weighted by atomic mass is 32.1. The Balaban J connectivity index is 1.91. The smallest absolute Gasteiger partial charge is 0.259 e. The second kappa shape index (κ2) is 7.45. The van der Waals surface area contributed by atoms with Gasteiger partial charge >= 0.3 is 0 Å². The second-order valence-corrected chi connectivity index (χ2v) is 6.14. The maximum absolute atomic E-state index is 13.3. The number of ether oxygens (including phenoxy) is 1. The van der Waals surface area contributed by atoms with Gasteiger partial charge in [-0.2, -0.15) is 0 Å². The molecule has 2 aromatic carbocycles. The molecule has 0 aliphatic rings. The van der Waals surface area contributed by atoms with Crippen molar-refractivity contribution >= 4 is 24.2 Å². The highest BCUT2D eigenvalue weighted by Gasteiger charge is 2.16. The standard InChI is InChI=1S/C19H15FN2O3S/c1-12-9-13(20)4-7-17(12)25-18-10-15(26)5-6-16(18)19(23)21-14-3-2-8-22(24)11-14/h2-11H,1H3,(H2-,21,23,24,26)/p+1. The van der Waals surface area contributed by atoms with E-state index < -0.39 is 5.91 Å². The minimum absolute atomic E-state index is 0.278. The highest BCUT2D eigenvalue weighted by Crippen LogP contribution is 2.30. The molecule has 26 heavy (non-hydrogen) atoms. The Morgan fingerprint density at radius 2 is 2.00 bits per heavy atom. The summed E-state index contributed by atoms with van der Waals surface area (Å²) in [5.41, 5.74) is 1.30. The molecule has 1 amide bonds. The fraction of sp³-hybridized carbons (Fsp3) is 0.0526. The summed E-state index contributed by atoms with van der Waals surface area (Å²) in [5, 5.41) is 12.1. The minimum atomic E-state index is -0.417. The van der Waals surface area contributed by atoms with Gasteiger partial charge in [-0.15, -0.1) is 12.6 Å². The average Bonchev–Trinajstić information content (AvgIpc) is 2.57. The first kappa shape index (κ1) is 17.8. The number of aryl methyl sites for hydroxylation is 1. The molecule has 0 saturated heterocycles. The summed E-state index contributed by atoms with van der Waals surface area (Å²) >= 11 is 4.28. The Morgan fingerprint density at radius 3 is 2.73 bits per heavy atom. The van der Waals surface area contributed by atoms with Crippen molar-refractivity contribution < 1.29 is 23.9 Å². The summed E-state index contributed by atoms with van der Waals surface area (Å²) in [6.07, 6.45) is 2.78. The van der Waals surface area contributed by atoms with Crippen LogP contribution in [0.4, 0.5) is 10.1 Å². The van der Waals surface area contributed by atoms with Crippen LogP contribution in [0.15, 0.2) is 65.8 Å². The van der Waals surface area contributed by atoms with E-state index >= 15 is 0 Å². The van der Waals surface area contributed by atoms with Crippen molar-refractivity contribution in [3.8, 4) is 11.5 Å². The van der Waals surface area contributed by atoms with Crippen LogP contribution in [0.5, 0.6) is 11.5 Å². The van der Waals surface area contributed by atoms with E-state index in [0.717, 1.165) is 4.73 Å². The van der Waals surface area contributed by atoms with Crippen LogP contribution in [0, 0.1) is 12.7 Å². The molecule has 3 rings (SSSR count). The summed E-state index contributed by atoms with van der Waals surface area (Å²) < 4.78 is 19.9. The zero-order valence-corrected chi connectivity index (χ0v) is 14.7. The SMILES string of the molecule is Cc1cc(F)ccc1Oc1cc(S)ccc1C(=O)Nc1ccc[n+](O)c1. The van der Waals surface area contributed by atoms with E-state index in [2.05, 4.69) is 17.9 Å². The number of amides is 1. The number of carbonyl (C=O) groups is 1. The van der Waals surface area contributed by atoms with Gasteiger partial charge in [0.05, 0.1) is 5.56 Å². The first-order valence-electron chi connectivity index (χ1n) is 7.71. The van der Waals surface area contributed by atoms with E-state index in [1.54, 1.807) is 37.3 Å². The first-order chi connectivity index (χ1) is 12.4. The minimum Gasteiger partial charge on any atom is -0.456 e. The first-order valence-corrected chi connectivity index (χ1v) is 8.16. The van der Waals surface area contributed by atoms with Gasteiger partial charge in [0, 0.05) is 15.7 Å². The van der Waals surface area contributed by atoms with Crippen molar-refractivity contribution in [1.82, 2.24) is 0 Å². The third-order valence-electron chi connectivity index (χ3n) is 3.61. The fourth-order valence-corrected chi connectivity index (χ4v) is 2.56. The third-order valence-corrected chi connectivity index (χ3v) is 3.89. The van der Waals surface area contributed by atoms with Gasteiger partial charge in [0.1, 0.15) is 23.0 Å². The molecule has 0 saturated carbocycles. The topological polar surface area (TPSA) is 62.4 Å². The summed E-state index contributed by atoms with van der Waals surface area (Å²) in [4.78, 5) is 13.2. The Labute approximate surface area is 155 Å². The van der Waals surface area contributed by atoms with Gasteiger partial charge in [-0.05, 0) is 55.0 Å². The Kier molecular flexibility index (Phi) is 5.09. The molecule has 0 atom stereocenters. The number of rotatable bonds is 4. The Morgan fingerprint density at radius 1 is 1.19 bits per heavy atom. The molecule has 1 aromatic heterocycles. The molecule has 0 spiro atoms. The largest absolute Gasteiger partial charge is 0.456 e. The van der Waals surface area contributed by atoms with Gasteiger partial charge in [0.25, 0.3) is 5.91 Å². The van der Waals surface area contributed by atoms with Gasteiger partial charge in [-0.1, -0.05) is 0 Å². The predicted molar refractivity (Wildman–Crippen MR) is 96.7 cm³/mol. The van der Waals surface area contributed by atoms with Crippen molar-refractivity contribution in [3.63, 3.8) is 0 Å². The summed E-state index contributed by atoms with van der Waals surface area (Å²) in [6.45, 7) is 1.71. The molecule has 0 bridgehead atoms. The van der Waals surface area contributed by atoms with Crippen LogP contribution in [0.25, 0.3) is 0 Å². The summed E-state index contributed by atoms with van der Waals surface area (Å²) in [5.74, 6) is -0.0544. The Hall–Kier alpha value is -3.06. The molecule has 5 nitrogen and oxygen atoms in total. The molecule has 1 heterocycles. The molecule has 0 aliphatic heterocycles. The highest BCUT2D eigenvalue weighted by molar-refractivity contribution is 7.80. The lowest BCUT2D eigenvalue weighted by atomic mass is 10.1. The Bertz CT molecular complexity index is 979. The quantitative estimate of drug-likeness (QED) is 0.369. The number of nitrogens with one attached hydrogen (secondary N) is 1. The van der Waals surface area contributed by atoms with Crippen LogP contribution in [-0.2, 0) is 0 Å². The van der Waals surface area contributed by atoms with Crippen molar-refractivity contribution in [2.45, 2.75) is 11.8 Å². The van der Waals surface area contributed by atoms with Gasteiger partial charge in [-0.3, -0.25) is 10.0 Å². The van der Waals surface area contributed by atoms with Crippen molar-refractivity contribution in [2.24, 2.45) is 0 Å². The monoisotopic (exact) mass is 371 g/mol. The number of aromatic nitrogens is 1. The van der Waals surface area contributed by atoms with Crippen molar-refractivity contribution in [1.29, 1.82) is 0 Å². The number of hydrogen-bond acceptors (Lipinski definition) is 4. The molecular weight excluding hydrogens is 355 g/mol. The lowest BCUT2D eigenvalue weighted by Gasteiger charge is -2.13. The van der Waals surface area contributed by atoms with Gasteiger partial charge in [0.2, 0.25) is 12.4 Å². The number of benzene rings is 2. The van der Waals surface area contributed by atoms with Gasteiger partial charge in [0.15, 0.2) is 0 Å². The van der Waals surface area contributed by atoms with E-state index in [1.165, 1.54) is 30.6 Å². The van der Waals surface area contributed by atoms with E-state index in [1.807, 2.05) is 0 Å². The van der Waals surface area contributed by atoms with Crippen molar-refractivity contribution in [2.75, 3.05) is 5.32 Å². The molecule has 7 heteroatoms. The molecule has 3 aromatic rings. The zero-order valence-electron chi connectivity index (χ0n) is 13.8. The molecule has 0 radical (unpaired) electrons.